The zero-order chi connectivity index (χ0) is 28.6. The number of nitrogens with zero attached hydrogens (tertiary/aromatic N) is 3. The van der Waals surface area contributed by atoms with Crippen LogP contribution in [-0.4, -0.2) is 29.2 Å². The van der Waals surface area contributed by atoms with Crippen LogP contribution < -0.4 is 19.6 Å². The van der Waals surface area contributed by atoms with E-state index in [1.54, 1.807) is 69.5 Å². The number of halogens is 1. The molecule has 2 aromatic heterocycles. The molecule has 0 fully saturated rings. The maximum atomic E-state index is 13.8. The lowest BCUT2D eigenvalue weighted by molar-refractivity contribution is -0.384. The largest absolute Gasteiger partial charge is 0.497 e. The normalized spacial score (nSPS) is 15.0. The molecule has 0 bridgehead atoms. The zero-order valence-corrected chi connectivity index (χ0v) is 23.9. The van der Waals surface area contributed by atoms with Crippen molar-refractivity contribution in [1.29, 1.82) is 0 Å². The molecule has 3 heterocycles. The maximum absolute atomic E-state index is 13.8. The van der Waals surface area contributed by atoms with Gasteiger partial charge in [0.2, 0.25) is 0 Å². The van der Waals surface area contributed by atoms with Crippen LogP contribution in [0.15, 0.2) is 84.5 Å². The lowest BCUT2D eigenvalue weighted by Crippen LogP contribution is -2.39. The molecular weight excluding hydrogens is 602 g/mol. The van der Waals surface area contributed by atoms with Gasteiger partial charge in [-0.15, -0.1) is 0 Å². The van der Waals surface area contributed by atoms with Gasteiger partial charge in [-0.2, -0.15) is 0 Å². The highest BCUT2D eigenvalue weighted by atomic mass is 79.9. The number of carbonyl (C=O) groups excluding carboxylic acids is 1. The summed E-state index contributed by atoms with van der Waals surface area (Å²) in [5, 5.41) is 11.1. The highest BCUT2D eigenvalue weighted by Crippen LogP contribution is 2.33. The molecule has 0 aliphatic carbocycles. The lowest BCUT2D eigenvalue weighted by atomic mass is 9.96. The van der Waals surface area contributed by atoms with Crippen LogP contribution in [0, 0.1) is 10.1 Å². The third-order valence-corrected chi connectivity index (χ3v) is 7.92. The Morgan fingerprint density at radius 2 is 1.98 bits per heavy atom. The number of hydrogen-bond acceptors (Lipinski definition) is 9. The van der Waals surface area contributed by atoms with Gasteiger partial charge in [-0.25, -0.2) is 9.79 Å². The third kappa shape index (κ3) is 5.03. The number of aromatic nitrogens is 1. The topological polar surface area (TPSA) is 126 Å². The fourth-order valence-corrected chi connectivity index (χ4v) is 6.00. The average molecular weight is 624 g/mol. The van der Waals surface area contributed by atoms with Crippen LogP contribution in [0.5, 0.6) is 5.75 Å². The van der Waals surface area contributed by atoms with E-state index in [-0.39, 0.29) is 23.4 Å². The number of esters is 1. The summed E-state index contributed by atoms with van der Waals surface area (Å²) in [6, 6.07) is 14.2. The number of non-ortho nitro benzene ring substituents is 1. The molecular formula is C28H22BrN3O7S. The Morgan fingerprint density at radius 1 is 1.23 bits per heavy atom. The van der Waals surface area contributed by atoms with Crippen molar-refractivity contribution in [3.8, 4) is 17.1 Å². The van der Waals surface area contributed by atoms with Crippen LogP contribution in [-0.2, 0) is 9.53 Å². The Balaban J connectivity index is 1.60. The zero-order valence-electron chi connectivity index (χ0n) is 21.5. The van der Waals surface area contributed by atoms with Gasteiger partial charge in [0.05, 0.1) is 40.5 Å². The molecule has 0 N–H and O–H groups in total. The van der Waals surface area contributed by atoms with Gasteiger partial charge in [0, 0.05) is 28.2 Å². The Bertz CT molecular complexity index is 1850. The van der Waals surface area contributed by atoms with Gasteiger partial charge in [-0.1, -0.05) is 23.5 Å². The van der Waals surface area contributed by atoms with E-state index in [9.17, 15) is 19.7 Å². The summed E-state index contributed by atoms with van der Waals surface area (Å²) in [6.07, 6.45) is 1.61. The van der Waals surface area contributed by atoms with Crippen LogP contribution in [0.1, 0.15) is 31.2 Å². The summed E-state index contributed by atoms with van der Waals surface area (Å²) in [7, 11) is 1.56. The summed E-state index contributed by atoms with van der Waals surface area (Å²) >= 11 is 4.54. The molecule has 0 amide bonds. The number of allylic oxidation sites excluding steroid dienone is 1. The van der Waals surface area contributed by atoms with E-state index in [1.807, 2.05) is 0 Å². The van der Waals surface area contributed by atoms with Crippen LogP contribution in [0.2, 0.25) is 0 Å². The summed E-state index contributed by atoms with van der Waals surface area (Å²) in [5.41, 5.74) is 1.69. The van der Waals surface area contributed by atoms with E-state index in [1.165, 1.54) is 28.0 Å². The molecule has 1 atom stereocenters. The molecule has 1 aliphatic heterocycles. The Labute approximate surface area is 239 Å². The number of benzene rings is 2. The first-order valence-corrected chi connectivity index (χ1v) is 13.7. The quantitative estimate of drug-likeness (QED) is 0.165. The Morgan fingerprint density at radius 3 is 2.62 bits per heavy atom. The van der Waals surface area contributed by atoms with Crippen molar-refractivity contribution < 1.29 is 23.6 Å². The maximum Gasteiger partial charge on any atom is 0.338 e. The highest BCUT2D eigenvalue weighted by Gasteiger charge is 2.33. The molecule has 5 rings (SSSR count). The van der Waals surface area contributed by atoms with E-state index in [0.29, 0.717) is 47.9 Å². The number of furan rings is 1. The molecule has 4 aromatic rings. The third-order valence-electron chi connectivity index (χ3n) is 6.28. The number of ether oxygens (including phenoxy) is 2. The number of carbonyl (C=O) groups is 1. The van der Waals surface area contributed by atoms with Gasteiger partial charge >= 0.3 is 5.97 Å². The molecule has 1 aliphatic rings. The minimum atomic E-state index is -0.744. The minimum Gasteiger partial charge on any atom is -0.497 e. The standard InChI is InChI=1S/C28H22BrN3O7S/c1-4-38-27(34)24-15(2)30-28-31(25(24)16-5-8-18(37-3)9-6-16)26(33)23(40-28)14-19-10-12-22(39-19)20-11-7-17(32(35)36)13-21(20)29/h5-14,25H,4H2,1-3H3/b23-14-. The molecule has 1 unspecified atom stereocenters. The van der Waals surface area contributed by atoms with Gasteiger partial charge in [-0.3, -0.25) is 19.5 Å². The number of methoxy groups -OCH3 is 1. The van der Waals surface area contributed by atoms with Crippen molar-refractivity contribution >= 4 is 45.0 Å². The van der Waals surface area contributed by atoms with Crippen molar-refractivity contribution in [1.82, 2.24) is 4.57 Å². The minimum absolute atomic E-state index is 0.0487. The van der Waals surface area contributed by atoms with Crippen molar-refractivity contribution in [2.45, 2.75) is 19.9 Å². The molecule has 2 aromatic carbocycles. The second-order valence-electron chi connectivity index (χ2n) is 8.70. The number of rotatable bonds is 7. The monoisotopic (exact) mass is 623 g/mol. The van der Waals surface area contributed by atoms with Crippen LogP contribution in [0.25, 0.3) is 17.4 Å². The van der Waals surface area contributed by atoms with Crippen LogP contribution >= 0.6 is 27.3 Å². The van der Waals surface area contributed by atoms with Crippen molar-refractivity contribution in [2.75, 3.05) is 13.7 Å². The van der Waals surface area contributed by atoms with Crippen molar-refractivity contribution in [3.05, 3.63) is 111 Å². The van der Waals surface area contributed by atoms with Crippen LogP contribution in [0.4, 0.5) is 5.69 Å². The second kappa shape index (κ2) is 11.1. The second-order valence-corrected chi connectivity index (χ2v) is 10.6. The van der Waals surface area contributed by atoms with Crippen molar-refractivity contribution in [3.63, 3.8) is 0 Å². The van der Waals surface area contributed by atoms with Gasteiger partial charge in [0.25, 0.3) is 11.2 Å². The van der Waals surface area contributed by atoms with Gasteiger partial charge in [0.15, 0.2) is 4.80 Å². The summed E-state index contributed by atoms with van der Waals surface area (Å²) in [5.74, 6) is 0.983. The fourth-order valence-electron chi connectivity index (χ4n) is 4.41. The predicted molar refractivity (Wildman–Crippen MR) is 152 cm³/mol. The molecule has 0 saturated carbocycles. The number of hydrogen-bond donors (Lipinski definition) is 0. The van der Waals surface area contributed by atoms with E-state index >= 15 is 0 Å². The molecule has 204 valence electrons. The van der Waals surface area contributed by atoms with E-state index < -0.39 is 16.9 Å². The van der Waals surface area contributed by atoms with E-state index in [4.69, 9.17) is 13.9 Å². The average Bonchev–Trinajstić information content (AvgIpc) is 3.52. The number of thiazole rings is 1. The van der Waals surface area contributed by atoms with Gasteiger partial charge < -0.3 is 13.9 Å². The summed E-state index contributed by atoms with van der Waals surface area (Å²) < 4.78 is 18.9. The summed E-state index contributed by atoms with van der Waals surface area (Å²) in [6.45, 7) is 3.63. The molecule has 0 saturated heterocycles. The first-order valence-electron chi connectivity index (χ1n) is 12.1. The lowest BCUT2D eigenvalue weighted by Gasteiger charge is -2.24. The first kappa shape index (κ1) is 27.3. The molecule has 10 nitrogen and oxygen atoms in total. The first-order chi connectivity index (χ1) is 19.2. The number of nitro groups is 1. The van der Waals surface area contributed by atoms with E-state index in [2.05, 4.69) is 20.9 Å². The molecule has 0 radical (unpaired) electrons. The SMILES string of the molecule is CCOC(=O)C1=C(C)N=c2s/c(=C\c3ccc(-c4ccc([N+](=O)[O-])cc4Br)o3)c(=O)n2C1c1ccc(OC)cc1. The smallest absolute Gasteiger partial charge is 0.338 e. The fraction of sp³-hybridized carbons (Fsp3) is 0.179. The molecule has 40 heavy (non-hydrogen) atoms. The number of nitro benzene ring substituents is 1. The Kier molecular flexibility index (Phi) is 7.55. The van der Waals surface area contributed by atoms with Gasteiger partial charge in [-0.05, 0) is 65.7 Å². The summed E-state index contributed by atoms with van der Waals surface area (Å²) in [4.78, 5) is 42.4. The van der Waals surface area contributed by atoms with Crippen molar-refractivity contribution in [2.24, 2.45) is 4.99 Å². The Hall–Kier alpha value is -4.29. The molecule has 0 spiro atoms. The number of fused-ring (bicyclic) bond motifs is 1. The molecule has 12 heteroatoms. The van der Waals surface area contributed by atoms with Crippen LogP contribution in [0.3, 0.4) is 0 Å². The van der Waals surface area contributed by atoms with Gasteiger partial charge in [0.1, 0.15) is 17.3 Å². The highest BCUT2D eigenvalue weighted by molar-refractivity contribution is 9.10. The van der Waals surface area contributed by atoms with E-state index in [0.717, 1.165) is 0 Å². The predicted octanol–water partition coefficient (Wildman–Crippen LogP) is 4.74.